The van der Waals surface area contributed by atoms with Crippen LogP contribution in [-0.4, -0.2) is 24.6 Å². The van der Waals surface area contributed by atoms with Gasteiger partial charge in [-0.2, -0.15) is 0 Å². The van der Waals surface area contributed by atoms with E-state index in [0.29, 0.717) is 33.5 Å². The molecule has 1 N–H and O–H groups in total. The van der Waals surface area contributed by atoms with Crippen LogP contribution in [0.3, 0.4) is 0 Å². The van der Waals surface area contributed by atoms with Gasteiger partial charge < -0.3 is 14.8 Å². The van der Waals surface area contributed by atoms with Gasteiger partial charge in [0.05, 0.1) is 5.57 Å². The summed E-state index contributed by atoms with van der Waals surface area (Å²) in [5, 5.41) is 3.89. The van der Waals surface area contributed by atoms with E-state index in [0.717, 1.165) is 5.56 Å². The lowest BCUT2D eigenvalue weighted by Crippen LogP contribution is -2.36. The Balaban J connectivity index is 1.57. The largest absolute Gasteiger partial charge is 0.488 e. The minimum atomic E-state index is -0.938. The van der Waals surface area contributed by atoms with Crippen molar-refractivity contribution in [1.29, 1.82) is 0 Å². The molecule has 1 amide bonds. The van der Waals surface area contributed by atoms with Crippen LogP contribution in [0, 0.1) is 0 Å². The van der Waals surface area contributed by atoms with Crippen molar-refractivity contribution >= 4 is 41.2 Å². The van der Waals surface area contributed by atoms with E-state index in [1.165, 1.54) is 6.92 Å². The molecule has 1 atom stereocenters. The summed E-state index contributed by atoms with van der Waals surface area (Å²) in [6.07, 6.45) is 0.720. The van der Waals surface area contributed by atoms with Gasteiger partial charge in [-0.3, -0.25) is 4.79 Å². The average molecular weight is 406 g/mol. The summed E-state index contributed by atoms with van der Waals surface area (Å²) >= 11 is 11.8. The first-order valence-corrected chi connectivity index (χ1v) is 9.04. The van der Waals surface area contributed by atoms with Gasteiger partial charge in [-0.15, -0.1) is 0 Å². The van der Waals surface area contributed by atoms with Crippen LogP contribution < -0.4 is 10.1 Å². The van der Waals surface area contributed by atoms with Crippen LogP contribution in [0.5, 0.6) is 5.75 Å². The normalized spacial score (nSPS) is 13.7. The van der Waals surface area contributed by atoms with Gasteiger partial charge in [-0.05, 0) is 48.9 Å². The number of halogens is 2. The van der Waals surface area contributed by atoms with E-state index in [9.17, 15) is 9.59 Å². The molecule has 0 radical (unpaired) electrons. The van der Waals surface area contributed by atoms with Gasteiger partial charge in [-0.1, -0.05) is 35.3 Å². The number of nitrogens with one attached hydrogen (secondary N) is 1. The summed E-state index contributed by atoms with van der Waals surface area (Å²) in [5.41, 5.74) is 1.91. The minimum absolute atomic E-state index is 0.0760. The molecule has 1 unspecified atom stereocenters. The molecule has 7 heteroatoms. The molecule has 1 aliphatic rings. The summed E-state index contributed by atoms with van der Waals surface area (Å²) < 4.78 is 10.8. The van der Waals surface area contributed by atoms with E-state index in [2.05, 4.69) is 5.32 Å². The predicted molar refractivity (Wildman–Crippen MR) is 104 cm³/mol. The highest BCUT2D eigenvalue weighted by Crippen LogP contribution is 2.29. The molecular formula is C20H17Cl2NO4. The van der Waals surface area contributed by atoms with Gasteiger partial charge >= 0.3 is 5.97 Å². The Morgan fingerprint density at radius 1 is 1.15 bits per heavy atom. The standard InChI is InChI=1S/C20H17Cl2NO4/c1-12(19(24)23-10-13-2-4-16(21)5-3-13)27-20(25)15-8-14-9-17(22)6-7-18(14)26-11-15/h2-9,12H,10-11H2,1H3,(H,23,24). The molecule has 27 heavy (non-hydrogen) atoms. The number of hydrogen-bond donors (Lipinski definition) is 1. The van der Waals surface area contributed by atoms with E-state index in [1.807, 2.05) is 12.1 Å². The van der Waals surface area contributed by atoms with Crippen molar-refractivity contribution in [2.24, 2.45) is 0 Å². The summed E-state index contributed by atoms with van der Waals surface area (Å²) in [4.78, 5) is 24.5. The third-order valence-electron chi connectivity index (χ3n) is 3.98. The van der Waals surface area contributed by atoms with Gasteiger partial charge in [0.1, 0.15) is 12.4 Å². The summed E-state index contributed by atoms with van der Waals surface area (Å²) in [5.74, 6) is -0.349. The lowest BCUT2D eigenvalue weighted by molar-refractivity contribution is -0.151. The number of benzene rings is 2. The van der Waals surface area contributed by atoms with E-state index in [1.54, 1.807) is 36.4 Å². The fourth-order valence-electron chi connectivity index (χ4n) is 2.49. The maximum atomic E-state index is 12.3. The van der Waals surface area contributed by atoms with Gasteiger partial charge in [0, 0.05) is 22.2 Å². The van der Waals surface area contributed by atoms with Crippen LogP contribution in [0.25, 0.3) is 6.08 Å². The molecule has 3 rings (SSSR count). The highest BCUT2D eigenvalue weighted by molar-refractivity contribution is 6.31. The smallest absolute Gasteiger partial charge is 0.338 e. The first kappa shape index (κ1) is 19.3. The van der Waals surface area contributed by atoms with Gasteiger partial charge in [0.2, 0.25) is 0 Å². The fraction of sp³-hybridized carbons (Fsp3) is 0.200. The van der Waals surface area contributed by atoms with Crippen LogP contribution >= 0.6 is 23.2 Å². The summed E-state index contributed by atoms with van der Waals surface area (Å²) in [6, 6.07) is 12.3. The molecule has 0 bridgehead atoms. The SMILES string of the molecule is CC(OC(=O)C1=Cc2cc(Cl)ccc2OC1)C(=O)NCc1ccc(Cl)cc1. The molecule has 0 saturated carbocycles. The number of carbonyl (C=O) groups excluding carboxylic acids is 2. The van der Waals surface area contributed by atoms with Gasteiger partial charge in [0.15, 0.2) is 6.10 Å². The van der Waals surface area contributed by atoms with Crippen LogP contribution in [0.15, 0.2) is 48.0 Å². The molecule has 1 aliphatic heterocycles. The maximum Gasteiger partial charge on any atom is 0.338 e. The third-order valence-corrected chi connectivity index (χ3v) is 4.47. The van der Waals surface area contributed by atoms with E-state index < -0.39 is 12.1 Å². The Labute approximate surface area is 166 Å². The zero-order valence-electron chi connectivity index (χ0n) is 14.5. The minimum Gasteiger partial charge on any atom is -0.488 e. The van der Waals surface area contributed by atoms with Crippen molar-refractivity contribution in [2.75, 3.05) is 6.61 Å². The Kier molecular flexibility index (Phi) is 6.04. The first-order valence-electron chi connectivity index (χ1n) is 8.28. The zero-order chi connectivity index (χ0) is 19.4. The number of amides is 1. The maximum absolute atomic E-state index is 12.3. The molecule has 0 aromatic heterocycles. The Bertz CT molecular complexity index is 893. The average Bonchev–Trinajstić information content (AvgIpc) is 2.66. The number of ether oxygens (including phenoxy) is 2. The van der Waals surface area contributed by atoms with Crippen molar-refractivity contribution in [3.05, 3.63) is 69.2 Å². The van der Waals surface area contributed by atoms with E-state index >= 15 is 0 Å². The molecule has 0 spiro atoms. The molecular weight excluding hydrogens is 389 g/mol. The molecule has 2 aromatic rings. The van der Waals surface area contributed by atoms with Crippen LogP contribution in [-0.2, 0) is 20.9 Å². The van der Waals surface area contributed by atoms with Crippen LogP contribution in [0.2, 0.25) is 10.0 Å². The number of rotatable bonds is 5. The van der Waals surface area contributed by atoms with Crippen molar-refractivity contribution in [2.45, 2.75) is 19.6 Å². The van der Waals surface area contributed by atoms with Crippen LogP contribution in [0.1, 0.15) is 18.1 Å². The fourth-order valence-corrected chi connectivity index (χ4v) is 2.80. The molecule has 0 saturated heterocycles. The Hall–Kier alpha value is -2.50. The topological polar surface area (TPSA) is 64.6 Å². The monoisotopic (exact) mass is 405 g/mol. The Morgan fingerprint density at radius 3 is 2.59 bits per heavy atom. The second-order valence-electron chi connectivity index (χ2n) is 6.03. The number of hydrogen-bond acceptors (Lipinski definition) is 4. The lowest BCUT2D eigenvalue weighted by atomic mass is 10.1. The van der Waals surface area contributed by atoms with E-state index in [-0.39, 0.29) is 12.5 Å². The molecule has 1 heterocycles. The van der Waals surface area contributed by atoms with Crippen molar-refractivity contribution in [3.63, 3.8) is 0 Å². The number of fused-ring (bicyclic) bond motifs is 1. The third kappa shape index (κ3) is 5.02. The molecule has 0 fully saturated rings. The van der Waals surface area contributed by atoms with Gasteiger partial charge in [-0.25, -0.2) is 4.79 Å². The Morgan fingerprint density at radius 2 is 1.85 bits per heavy atom. The second-order valence-corrected chi connectivity index (χ2v) is 6.91. The van der Waals surface area contributed by atoms with Crippen molar-refractivity contribution in [3.8, 4) is 5.75 Å². The first-order chi connectivity index (χ1) is 12.9. The number of esters is 1. The highest BCUT2D eigenvalue weighted by atomic mass is 35.5. The van der Waals surface area contributed by atoms with Crippen molar-refractivity contribution < 1.29 is 19.1 Å². The zero-order valence-corrected chi connectivity index (χ0v) is 16.0. The molecule has 140 valence electrons. The highest BCUT2D eigenvalue weighted by Gasteiger charge is 2.23. The molecule has 2 aromatic carbocycles. The van der Waals surface area contributed by atoms with Gasteiger partial charge in [0.25, 0.3) is 5.91 Å². The van der Waals surface area contributed by atoms with E-state index in [4.69, 9.17) is 32.7 Å². The summed E-state index contributed by atoms with van der Waals surface area (Å²) in [6.45, 7) is 1.91. The van der Waals surface area contributed by atoms with Crippen molar-refractivity contribution in [1.82, 2.24) is 5.32 Å². The van der Waals surface area contributed by atoms with Crippen LogP contribution in [0.4, 0.5) is 0 Å². The second kappa shape index (κ2) is 8.46. The lowest BCUT2D eigenvalue weighted by Gasteiger charge is -2.19. The number of carbonyl (C=O) groups is 2. The quantitative estimate of drug-likeness (QED) is 0.762. The molecule has 0 aliphatic carbocycles. The molecule has 5 nitrogen and oxygen atoms in total. The summed E-state index contributed by atoms with van der Waals surface area (Å²) in [7, 11) is 0. The predicted octanol–water partition coefficient (Wildman–Crippen LogP) is 4.02.